The molecule has 6 nitrogen and oxygen atoms in total. The molecule has 0 radical (unpaired) electrons. The van der Waals surface area contributed by atoms with Crippen LogP contribution in [0.15, 0.2) is 85.2 Å². The number of Topliss-reactive ketones (excluding diaryl/α,β-unsaturated/α-hetero) is 1. The van der Waals surface area contributed by atoms with E-state index in [1.165, 1.54) is 12.1 Å². The number of carbonyl (C=O) groups excluding carboxylic acids is 2. The zero-order chi connectivity index (χ0) is 24.6. The molecule has 2 N–H and O–H groups in total. The van der Waals surface area contributed by atoms with Gasteiger partial charge in [0.15, 0.2) is 6.61 Å². The van der Waals surface area contributed by atoms with Crippen molar-refractivity contribution < 1.29 is 23.5 Å². The molecule has 35 heavy (non-hydrogen) atoms. The second-order valence-electron chi connectivity index (χ2n) is 8.14. The molecule has 1 aromatic heterocycles. The number of benzene rings is 3. The van der Waals surface area contributed by atoms with Crippen LogP contribution in [0.2, 0.25) is 0 Å². The Bertz CT molecular complexity index is 1330. The first-order valence-electron chi connectivity index (χ1n) is 11.2. The molecule has 1 unspecified atom stereocenters. The number of nitrogens with zero attached hydrogens (tertiary/aromatic N) is 1. The third kappa shape index (κ3) is 6.49. The number of hydrogen-bond donors (Lipinski definition) is 1. The molecule has 0 aliphatic carbocycles. The van der Waals surface area contributed by atoms with Crippen LogP contribution in [0.5, 0.6) is 5.75 Å². The summed E-state index contributed by atoms with van der Waals surface area (Å²) >= 11 is 0. The predicted molar refractivity (Wildman–Crippen MR) is 130 cm³/mol. The fourth-order valence-corrected chi connectivity index (χ4v) is 3.84. The fraction of sp³-hybridized carbons (Fsp3) is 0.179. The monoisotopic (exact) mass is 472 g/mol. The third-order valence-corrected chi connectivity index (χ3v) is 5.59. The Hall–Kier alpha value is -4.10. The molecule has 0 bridgehead atoms. The van der Waals surface area contributed by atoms with Gasteiger partial charge in [-0.15, -0.1) is 0 Å². The summed E-state index contributed by atoms with van der Waals surface area (Å²) in [6.07, 6.45) is 3.63. The summed E-state index contributed by atoms with van der Waals surface area (Å²) < 4.78 is 24.9. The number of hydrogen-bond acceptors (Lipinski definition) is 6. The van der Waals surface area contributed by atoms with Crippen LogP contribution in [-0.2, 0) is 27.4 Å². The van der Waals surface area contributed by atoms with Gasteiger partial charge in [0.1, 0.15) is 24.0 Å². The Morgan fingerprint density at radius 1 is 0.943 bits per heavy atom. The van der Waals surface area contributed by atoms with Gasteiger partial charge in [-0.1, -0.05) is 42.5 Å². The first kappa shape index (κ1) is 24.0. The van der Waals surface area contributed by atoms with E-state index in [1.807, 2.05) is 30.3 Å². The number of aromatic nitrogens is 1. The van der Waals surface area contributed by atoms with E-state index >= 15 is 0 Å². The van der Waals surface area contributed by atoms with Crippen LogP contribution in [0.25, 0.3) is 10.8 Å². The Balaban J connectivity index is 1.40. The van der Waals surface area contributed by atoms with Crippen molar-refractivity contribution >= 4 is 22.5 Å². The highest BCUT2D eigenvalue weighted by molar-refractivity contribution is 5.89. The lowest BCUT2D eigenvalue weighted by atomic mass is 9.89. The summed E-state index contributed by atoms with van der Waals surface area (Å²) in [5.74, 6) is -1.37. The van der Waals surface area contributed by atoms with Crippen molar-refractivity contribution in [1.29, 1.82) is 0 Å². The van der Waals surface area contributed by atoms with Gasteiger partial charge in [-0.3, -0.25) is 9.78 Å². The smallest absolute Gasteiger partial charge is 0.344 e. The highest BCUT2D eigenvalue weighted by atomic mass is 19.1. The number of fused-ring (bicyclic) bond motifs is 1. The van der Waals surface area contributed by atoms with Gasteiger partial charge in [-0.05, 0) is 52.4 Å². The van der Waals surface area contributed by atoms with Gasteiger partial charge in [0, 0.05) is 30.7 Å². The Labute approximate surface area is 202 Å². The van der Waals surface area contributed by atoms with Gasteiger partial charge >= 0.3 is 5.97 Å². The topological polar surface area (TPSA) is 91.5 Å². The first-order valence-corrected chi connectivity index (χ1v) is 11.2. The van der Waals surface area contributed by atoms with E-state index in [0.29, 0.717) is 16.9 Å². The molecular weight excluding hydrogens is 447 g/mol. The highest BCUT2D eigenvalue weighted by Crippen LogP contribution is 2.23. The largest absolute Gasteiger partial charge is 0.482 e. The first-order chi connectivity index (χ1) is 17.0. The van der Waals surface area contributed by atoms with Gasteiger partial charge in [0.25, 0.3) is 0 Å². The number of rotatable bonds is 10. The highest BCUT2D eigenvalue weighted by Gasteiger charge is 2.21. The van der Waals surface area contributed by atoms with Crippen LogP contribution in [0.4, 0.5) is 4.39 Å². The molecule has 0 aliphatic heterocycles. The molecule has 1 atom stereocenters. The number of esters is 1. The van der Waals surface area contributed by atoms with Gasteiger partial charge in [-0.2, -0.15) is 0 Å². The average Bonchev–Trinajstić information content (AvgIpc) is 2.87. The van der Waals surface area contributed by atoms with Gasteiger partial charge in [-0.25, -0.2) is 9.18 Å². The number of halogens is 1. The van der Waals surface area contributed by atoms with Crippen LogP contribution in [0.1, 0.15) is 22.6 Å². The van der Waals surface area contributed by atoms with E-state index in [0.717, 1.165) is 16.3 Å². The SMILES string of the molecule is NCC(C(=O)Cc1ccc2cnccc2c1)c1cc(F)cc(COC(=O)COc2ccccc2)c1. The van der Waals surface area contributed by atoms with Crippen LogP contribution < -0.4 is 10.5 Å². The summed E-state index contributed by atoms with van der Waals surface area (Å²) in [4.78, 5) is 29.2. The quantitative estimate of drug-likeness (QED) is 0.345. The summed E-state index contributed by atoms with van der Waals surface area (Å²) in [7, 11) is 0. The number of ether oxygens (including phenoxy) is 2. The van der Waals surface area contributed by atoms with Gasteiger partial charge < -0.3 is 15.2 Å². The molecule has 178 valence electrons. The molecule has 0 amide bonds. The number of nitrogens with two attached hydrogens (primary N) is 1. The predicted octanol–water partition coefficient (Wildman–Crippen LogP) is 4.35. The van der Waals surface area contributed by atoms with Crippen LogP contribution >= 0.6 is 0 Å². The zero-order valence-electron chi connectivity index (χ0n) is 19.0. The van der Waals surface area contributed by atoms with Crippen molar-refractivity contribution in [2.45, 2.75) is 18.9 Å². The van der Waals surface area contributed by atoms with Gasteiger partial charge in [0.05, 0.1) is 5.92 Å². The molecule has 0 aliphatic rings. The van der Waals surface area contributed by atoms with E-state index in [4.69, 9.17) is 15.2 Å². The summed E-state index contributed by atoms with van der Waals surface area (Å²) in [6.45, 7) is -0.381. The maximum atomic E-state index is 14.4. The second kappa shape index (κ2) is 11.4. The second-order valence-corrected chi connectivity index (χ2v) is 8.14. The number of carbonyl (C=O) groups is 2. The third-order valence-electron chi connectivity index (χ3n) is 5.59. The maximum absolute atomic E-state index is 14.4. The lowest BCUT2D eigenvalue weighted by molar-refractivity contribution is -0.147. The van der Waals surface area contributed by atoms with Crippen molar-refractivity contribution in [3.8, 4) is 5.75 Å². The normalized spacial score (nSPS) is 11.7. The zero-order valence-corrected chi connectivity index (χ0v) is 19.0. The Kier molecular flexibility index (Phi) is 7.80. The molecular formula is C28H25FN2O4. The van der Waals surface area contributed by atoms with Crippen LogP contribution in [-0.4, -0.2) is 29.9 Å². The number of ketones is 1. The number of pyridine rings is 1. The van der Waals surface area contributed by atoms with Crippen molar-refractivity contribution in [2.75, 3.05) is 13.2 Å². The van der Waals surface area contributed by atoms with Crippen molar-refractivity contribution in [3.05, 3.63) is 108 Å². The molecule has 3 aromatic carbocycles. The Morgan fingerprint density at radius 2 is 1.77 bits per heavy atom. The molecule has 4 rings (SSSR count). The summed E-state index contributed by atoms with van der Waals surface area (Å²) in [6, 6.07) is 20.7. The van der Waals surface area contributed by atoms with E-state index in [-0.39, 0.29) is 32.0 Å². The Morgan fingerprint density at radius 3 is 2.57 bits per heavy atom. The maximum Gasteiger partial charge on any atom is 0.344 e. The lowest BCUT2D eigenvalue weighted by Crippen LogP contribution is -2.23. The molecule has 7 heteroatoms. The van der Waals surface area contributed by atoms with Crippen molar-refractivity contribution in [2.24, 2.45) is 5.73 Å². The van der Waals surface area contributed by atoms with Crippen LogP contribution in [0, 0.1) is 5.82 Å². The van der Waals surface area contributed by atoms with Crippen LogP contribution in [0.3, 0.4) is 0 Å². The van der Waals surface area contributed by atoms with E-state index < -0.39 is 17.7 Å². The average molecular weight is 473 g/mol. The van der Waals surface area contributed by atoms with Crippen molar-refractivity contribution in [3.63, 3.8) is 0 Å². The minimum atomic E-state index is -0.685. The van der Waals surface area contributed by atoms with E-state index in [1.54, 1.807) is 42.7 Å². The molecule has 0 fully saturated rings. The van der Waals surface area contributed by atoms with E-state index in [9.17, 15) is 14.0 Å². The summed E-state index contributed by atoms with van der Waals surface area (Å²) in [5.41, 5.74) is 7.64. The molecule has 0 saturated heterocycles. The van der Waals surface area contributed by atoms with E-state index in [2.05, 4.69) is 4.98 Å². The lowest BCUT2D eigenvalue weighted by Gasteiger charge is -2.16. The van der Waals surface area contributed by atoms with Gasteiger partial charge in [0.2, 0.25) is 0 Å². The fourth-order valence-electron chi connectivity index (χ4n) is 3.84. The standard InChI is InChI=1S/C28H25FN2O4/c29-24-12-20(17-35-28(33)18-34-25-4-2-1-3-5-25)11-23(14-24)26(15-30)27(32)13-19-6-7-22-16-31-9-8-21(22)10-19/h1-12,14,16,26H,13,15,17-18,30H2. The summed E-state index contributed by atoms with van der Waals surface area (Å²) in [5, 5.41) is 1.97. The minimum Gasteiger partial charge on any atom is -0.482 e. The van der Waals surface area contributed by atoms with Crippen molar-refractivity contribution in [1.82, 2.24) is 4.98 Å². The minimum absolute atomic E-state index is 0.0317. The molecule has 1 heterocycles. The molecule has 0 spiro atoms. The number of para-hydroxylation sites is 1. The molecule has 4 aromatic rings. The molecule has 0 saturated carbocycles.